The molecule has 120 valence electrons. The summed E-state index contributed by atoms with van der Waals surface area (Å²) in [6, 6.07) is 14.5. The third kappa shape index (κ3) is 3.76. The summed E-state index contributed by atoms with van der Waals surface area (Å²) < 4.78 is 5.66. The van der Waals surface area contributed by atoms with E-state index in [2.05, 4.69) is 40.1 Å². The molecule has 0 fully saturated rings. The quantitative estimate of drug-likeness (QED) is 0.579. The lowest BCUT2D eigenvalue weighted by Crippen LogP contribution is -2.01. The van der Waals surface area contributed by atoms with Gasteiger partial charge in [0.1, 0.15) is 11.1 Å². The van der Waals surface area contributed by atoms with Crippen LogP contribution in [0.2, 0.25) is 0 Å². The third-order valence-electron chi connectivity index (χ3n) is 3.65. The van der Waals surface area contributed by atoms with Crippen LogP contribution >= 0.6 is 11.8 Å². The molecular formula is C17H19N3O2S. The Kier molecular flexibility index (Phi) is 5.02. The van der Waals surface area contributed by atoms with Gasteiger partial charge >= 0.3 is 0 Å². The average Bonchev–Trinajstić information content (AvgIpc) is 3.02. The van der Waals surface area contributed by atoms with Crippen LogP contribution in [0.25, 0.3) is 0 Å². The Hall–Kier alpha value is -2.21. The minimum atomic E-state index is 0.213. The van der Waals surface area contributed by atoms with Crippen molar-refractivity contribution in [2.24, 2.45) is 5.18 Å². The Morgan fingerprint density at radius 1 is 1.26 bits per heavy atom. The standard InChI is InChI=1S/C17H19N3O2S/c1-18-13-5-3-12(4-6-13)17-20-15-8-7-14(11-16(15)23-17)22-10-2-9-19-21/h3-8,11,17-18,20H,2,9-10H2,1H3. The Morgan fingerprint density at radius 2 is 2.09 bits per heavy atom. The molecule has 23 heavy (non-hydrogen) atoms. The first-order valence-corrected chi connectivity index (χ1v) is 8.45. The van der Waals surface area contributed by atoms with Gasteiger partial charge in [-0.05, 0) is 35.9 Å². The molecule has 5 nitrogen and oxygen atoms in total. The summed E-state index contributed by atoms with van der Waals surface area (Å²) >= 11 is 1.78. The van der Waals surface area contributed by atoms with Crippen LogP contribution in [0.3, 0.4) is 0 Å². The molecule has 0 amide bonds. The molecule has 0 aliphatic carbocycles. The van der Waals surface area contributed by atoms with Crippen molar-refractivity contribution in [1.29, 1.82) is 0 Å². The van der Waals surface area contributed by atoms with Crippen molar-refractivity contribution < 1.29 is 4.74 Å². The van der Waals surface area contributed by atoms with Gasteiger partial charge in [-0.25, -0.2) is 0 Å². The molecule has 0 bridgehead atoms. The molecule has 0 aromatic heterocycles. The van der Waals surface area contributed by atoms with E-state index in [1.54, 1.807) is 11.8 Å². The summed E-state index contributed by atoms with van der Waals surface area (Å²) in [4.78, 5) is 11.2. The van der Waals surface area contributed by atoms with E-state index in [9.17, 15) is 4.91 Å². The lowest BCUT2D eigenvalue weighted by Gasteiger charge is -2.11. The molecule has 6 heteroatoms. The van der Waals surface area contributed by atoms with Gasteiger partial charge in [0.15, 0.2) is 0 Å². The summed E-state index contributed by atoms with van der Waals surface area (Å²) in [5.41, 5.74) is 3.47. The first-order chi connectivity index (χ1) is 11.3. The molecule has 0 spiro atoms. The number of benzene rings is 2. The van der Waals surface area contributed by atoms with Crippen molar-refractivity contribution in [1.82, 2.24) is 0 Å². The summed E-state index contributed by atoms with van der Waals surface area (Å²) in [6.45, 7) is 0.809. The van der Waals surface area contributed by atoms with Gasteiger partial charge in [-0.2, -0.15) is 4.91 Å². The maximum atomic E-state index is 10.1. The second kappa shape index (κ2) is 7.37. The van der Waals surface area contributed by atoms with Crippen molar-refractivity contribution in [2.75, 3.05) is 30.8 Å². The van der Waals surface area contributed by atoms with Crippen LogP contribution in [0.15, 0.2) is 52.5 Å². The minimum absolute atomic E-state index is 0.213. The van der Waals surface area contributed by atoms with E-state index in [0.717, 1.165) is 17.1 Å². The van der Waals surface area contributed by atoms with Gasteiger partial charge in [-0.3, -0.25) is 0 Å². The van der Waals surface area contributed by atoms with Gasteiger partial charge in [0.2, 0.25) is 0 Å². The third-order valence-corrected chi connectivity index (χ3v) is 4.87. The van der Waals surface area contributed by atoms with E-state index >= 15 is 0 Å². The fourth-order valence-corrected chi connectivity index (χ4v) is 3.57. The Labute approximate surface area is 139 Å². The number of rotatable bonds is 7. The first-order valence-electron chi connectivity index (χ1n) is 7.57. The highest BCUT2D eigenvalue weighted by Gasteiger charge is 2.23. The lowest BCUT2D eigenvalue weighted by molar-refractivity contribution is 0.313. The number of thioether (sulfide) groups is 1. The number of nitrogens with one attached hydrogen (secondary N) is 2. The van der Waals surface area contributed by atoms with Gasteiger partial charge in [-0.1, -0.05) is 29.1 Å². The Morgan fingerprint density at radius 3 is 2.83 bits per heavy atom. The molecule has 3 rings (SSSR count). The molecule has 2 aromatic rings. The van der Waals surface area contributed by atoms with E-state index in [1.165, 1.54) is 10.5 Å². The van der Waals surface area contributed by atoms with Crippen molar-refractivity contribution in [3.05, 3.63) is 52.9 Å². The molecule has 2 N–H and O–H groups in total. The summed E-state index contributed by atoms with van der Waals surface area (Å²) in [7, 11) is 1.92. The number of ether oxygens (including phenoxy) is 1. The Balaban J connectivity index is 1.64. The van der Waals surface area contributed by atoms with Gasteiger partial charge in [0, 0.05) is 29.7 Å². The van der Waals surface area contributed by atoms with Crippen molar-refractivity contribution in [2.45, 2.75) is 16.7 Å². The van der Waals surface area contributed by atoms with Crippen LogP contribution in [0.5, 0.6) is 5.75 Å². The second-order valence-corrected chi connectivity index (χ2v) is 6.37. The summed E-state index contributed by atoms with van der Waals surface area (Å²) in [5, 5.41) is 9.70. The number of hydrogen-bond acceptors (Lipinski definition) is 6. The van der Waals surface area contributed by atoms with Crippen molar-refractivity contribution >= 4 is 23.1 Å². The molecule has 1 unspecified atom stereocenters. The zero-order chi connectivity index (χ0) is 16.1. The summed E-state index contributed by atoms with van der Waals surface area (Å²) in [5.74, 6) is 0.829. The van der Waals surface area contributed by atoms with Gasteiger partial charge in [0.25, 0.3) is 0 Å². The molecule has 0 saturated heterocycles. The highest BCUT2D eigenvalue weighted by Crippen LogP contribution is 2.47. The van der Waals surface area contributed by atoms with Crippen LogP contribution in [0.1, 0.15) is 17.4 Å². The van der Waals surface area contributed by atoms with Crippen LogP contribution in [-0.2, 0) is 0 Å². The average molecular weight is 329 g/mol. The topological polar surface area (TPSA) is 62.7 Å². The van der Waals surface area contributed by atoms with Crippen LogP contribution in [0, 0.1) is 4.91 Å². The molecule has 0 saturated carbocycles. The lowest BCUT2D eigenvalue weighted by atomic mass is 10.2. The first kappa shape index (κ1) is 15.7. The molecule has 1 heterocycles. The second-order valence-electron chi connectivity index (χ2n) is 5.23. The molecule has 1 atom stereocenters. The number of anilines is 2. The normalized spacial score (nSPS) is 15.6. The minimum Gasteiger partial charge on any atom is -0.493 e. The molecule has 1 aliphatic heterocycles. The van der Waals surface area contributed by atoms with Crippen molar-refractivity contribution in [3.63, 3.8) is 0 Å². The maximum Gasteiger partial charge on any atom is 0.120 e. The van der Waals surface area contributed by atoms with Gasteiger partial charge < -0.3 is 15.4 Å². The zero-order valence-electron chi connectivity index (χ0n) is 12.9. The summed E-state index contributed by atoms with van der Waals surface area (Å²) in [6.07, 6.45) is 0.645. The van der Waals surface area contributed by atoms with E-state index in [4.69, 9.17) is 4.74 Å². The fraction of sp³-hybridized carbons (Fsp3) is 0.294. The molecular weight excluding hydrogens is 310 g/mol. The number of fused-ring (bicyclic) bond motifs is 1. The molecule has 1 aliphatic rings. The highest BCUT2D eigenvalue weighted by atomic mass is 32.2. The molecule has 2 aromatic carbocycles. The predicted molar refractivity (Wildman–Crippen MR) is 95.4 cm³/mol. The molecule has 0 radical (unpaired) electrons. The van der Waals surface area contributed by atoms with Crippen LogP contribution < -0.4 is 15.4 Å². The number of nitrogens with zero attached hydrogens (tertiary/aromatic N) is 1. The predicted octanol–water partition coefficient (Wildman–Crippen LogP) is 4.48. The maximum absolute atomic E-state index is 10.1. The van der Waals surface area contributed by atoms with Crippen molar-refractivity contribution in [3.8, 4) is 5.75 Å². The van der Waals surface area contributed by atoms with Gasteiger partial charge in [-0.15, -0.1) is 0 Å². The zero-order valence-corrected chi connectivity index (χ0v) is 13.7. The van der Waals surface area contributed by atoms with Crippen LogP contribution in [0.4, 0.5) is 11.4 Å². The SMILES string of the molecule is CNc1ccc(C2Nc3ccc(OCCCN=O)cc3S2)cc1. The smallest absolute Gasteiger partial charge is 0.120 e. The monoisotopic (exact) mass is 329 g/mol. The van der Waals surface area contributed by atoms with E-state index in [-0.39, 0.29) is 5.37 Å². The van der Waals surface area contributed by atoms with Gasteiger partial charge in [0.05, 0.1) is 13.2 Å². The van der Waals surface area contributed by atoms with Crippen LogP contribution in [-0.4, -0.2) is 20.2 Å². The highest BCUT2D eigenvalue weighted by molar-refractivity contribution is 8.00. The number of nitroso groups, excluding NO2 is 1. The van der Waals surface area contributed by atoms with E-state index in [0.29, 0.717) is 19.6 Å². The number of hydrogen-bond donors (Lipinski definition) is 2. The van der Waals surface area contributed by atoms with E-state index < -0.39 is 0 Å². The largest absolute Gasteiger partial charge is 0.493 e. The Bertz CT molecular complexity index is 676. The fourth-order valence-electron chi connectivity index (χ4n) is 2.40. The van der Waals surface area contributed by atoms with E-state index in [1.807, 2.05) is 25.2 Å².